The van der Waals surface area contributed by atoms with E-state index in [0.717, 1.165) is 16.6 Å². The van der Waals surface area contributed by atoms with Crippen LogP contribution >= 0.6 is 11.8 Å². The molecule has 2 aliphatic rings. The van der Waals surface area contributed by atoms with Gasteiger partial charge in [0, 0.05) is 11.4 Å². The van der Waals surface area contributed by atoms with Crippen molar-refractivity contribution in [1.82, 2.24) is 0 Å². The van der Waals surface area contributed by atoms with E-state index >= 15 is 0 Å². The first-order valence-electron chi connectivity index (χ1n) is 9.57. The zero-order valence-corrected chi connectivity index (χ0v) is 18.4. The number of fused-ring (bicyclic) bond motifs is 1. The highest BCUT2D eigenvalue weighted by atomic mass is 32.2. The quantitative estimate of drug-likeness (QED) is 0.755. The maximum atomic E-state index is 12.2. The fourth-order valence-electron chi connectivity index (χ4n) is 3.85. The molecule has 0 spiro atoms. The summed E-state index contributed by atoms with van der Waals surface area (Å²) in [5.74, 6) is 1.17. The first-order valence-corrected chi connectivity index (χ1v) is 12.4. The van der Waals surface area contributed by atoms with Crippen molar-refractivity contribution in [3.63, 3.8) is 0 Å². The summed E-state index contributed by atoms with van der Waals surface area (Å²) in [6.07, 6.45) is 0. The Hall–Kier alpha value is -1.79. The molecular formula is C22H26N2O2S2. The van der Waals surface area contributed by atoms with E-state index in [2.05, 4.69) is 69.0 Å². The molecule has 1 saturated heterocycles. The van der Waals surface area contributed by atoms with Gasteiger partial charge in [-0.2, -0.15) is 0 Å². The van der Waals surface area contributed by atoms with Crippen LogP contribution in [0.5, 0.6) is 0 Å². The Balaban J connectivity index is 1.63. The topological polar surface area (TPSA) is 49.7 Å². The van der Waals surface area contributed by atoms with Crippen molar-refractivity contribution in [3.8, 4) is 0 Å². The smallest absolute Gasteiger partial charge is 0.164 e. The number of anilines is 1. The Morgan fingerprint density at radius 2 is 1.64 bits per heavy atom. The van der Waals surface area contributed by atoms with E-state index in [-0.39, 0.29) is 23.6 Å². The molecule has 0 amide bonds. The van der Waals surface area contributed by atoms with Gasteiger partial charge in [0.15, 0.2) is 15.0 Å². The molecule has 2 aromatic rings. The van der Waals surface area contributed by atoms with Crippen molar-refractivity contribution in [1.29, 1.82) is 0 Å². The van der Waals surface area contributed by atoms with Gasteiger partial charge in [-0.1, -0.05) is 36.0 Å². The number of rotatable bonds is 3. The number of aryl methyl sites for hydroxylation is 4. The molecule has 0 aliphatic carbocycles. The molecule has 1 fully saturated rings. The lowest BCUT2D eigenvalue weighted by atomic mass is 10.1. The van der Waals surface area contributed by atoms with Crippen LogP contribution in [0.2, 0.25) is 0 Å². The van der Waals surface area contributed by atoms with E-state index in [4.69, 9.17) is 4.99 Å². The summed E-state index contributed by atoms with van der Waals surface area (Å²) in [4.78, 5) is 7.00. The molecule has 0 N–H and O–H groups in total. The number of hydrogen-bond acceptors (Lipinski definition) is 5. The minimum atomic E-state index is -3.02. The van der Waals surface area contributed by atoms with Crippen molar-refractivity contribution >= 4 is 32.5 Å². The standard InChI is InChI=1S/C22H26N2O2S2/c1-14-5-7-18(9-16(14)3)11-27-22-23-20-12-28(25,26)13-21(20)24(22)19-8-6-15(2)17(4)10-19/h5-10,20-21H,11-13H2,1-4H3. The molecule has 2 atom stereocenters. The monoisotopic (exact) mass is 414 g/mol. The normalized spacial score (nSPS) is 23.0. The Kier molecular flexibility index (Phi) is 5.04. The second-order valence-corrected chi connectivity index (χ2v) is 11.1. The van der Waals surface area contributed by atoms with Crippen molar-refractivity contribution < 1.29 is 8.42 Å². The van der Waals surface area contributed by atoms with Gasteiger partial charge in [-0.25, -0.2) is 8.42 Å². The van der Waals surface area contributed by atoms with Gasteiger partial charge in [0.1, 0.15) is 0 Å². The Labute approximate surface area is 172 Å². The summed E-state index contributed by atoms with van der Waals surface area (Å²) < 4.78 is 24.4. The number of benzene rings is 2. The van der Waals surface area contributed by atoms with Crippen molar-refractivity contribution in [2.24, 2.45) is 4.99 Å². The molecule has 0 radical (unpaired) electrons. The highest BCUT2D eigenvalue weighted by Crippen LogP contribution is 2.36. The molecule has 0 bridgehead atoms. The molecule has 4 rings (SSSR count). The van der Waals surface area contributed by atoms with Crippen LogP contribution in [0, 0.1) is 27.7 Å². The lowest BCUT2D eigenvalue weighted by Crippen LogP contribution is -2.39. The Morgan fingerprint density at radius 1 is 0.964 bits per heavy atom. The highest BCUT2D eigenvalue weighted by molar-refractivity contribution is 8.13. The number of amidine groups is 1. The molecule has 2 unspecified atom stereocenters. The molecule has 148 valence electrons. The van der Waals surface area contributed by atoms with Gasteiger partial charge >= 0.3 is 0 Å². The zero-order chi connectivity index (χ0) is 20.1. The number of sulfone groups is 1. The van der Waals surface area contributed by atoms with Gasteiger partial charge in [0.25, 0.3) is 0 Å². The summed E-state index contributed by atoms with van der Waals surface area (Å²) >= 11 is 1.70. The van der Waals surface area contributed by atoms with Crippen molar-refractivity contribution in [2.45, 2.75) is 45.5 Å². The predicted molar refractivity (Wildman–Crippen MR) is 119 cm³/mol. The first kappa shape index (κ1) is 19.5. The van der Waals surface area contributed by atoms with Crippen LogP contribution in [-0.2, 0) is 15.6 Å². The average Bonchev–Trinajstić information content (AvgIpc) is 3.09. The molecule has 0 saturated carbocycles. The van der Waals surface area contributed by atoms with Gasteiger partial charge in [0.05, 0.1) is 23.6 Å². The molecule has 0 aromatic heterocycles. The average molecular weight is 415 g/mol. The SMILES string of the molecule is Cc1ccc(CSC2=NC3CS(=O)(=O)CC3N2c2ccc(C)c(C)c2)cc1C. The van der Waals surface area contributed by atoms with Crippen LogP contribution in [0.3, 0.4) is 0 Å². The van der Waals surface area contributed by atoms with Crippen LogP contribution in [0.25, 0.3) is 0 Å². The molecule has 28 heavy (non-hydrogen) atoms. The fourth-order valence-corrected chi connectivity index (χ4v) is 6.76. The maximum Gasteiger partial charge on any atom is 0.164 e. The van der Waals surface area contributed by atoms with E-state index in [1.807, 2.05) is 0 Å². The van der Waals surface area contributed by atoms with Crippen LogP contribution in [-0.4, -0.2) is 37.2 Å². The van der Waals surface area contributed by atoms with E-state index < -0.39 is 9.84 Å². The second kappa shape index (κ2) is 7.23. The van der Waals surface area contributed by atoms with E-state index in [0.29, 0.717) is 0 Å². The van der Waals surface area contributed by atoms with Crippen LogP contribution in [0.4, 0.5) is 5.69 Å². The molecular weight excluding hydrogens is 388 g/mol. The van der Waals surface area contributed by atoms with Crippen molar-refractivity contribution in [2.75, 3.05) is 16.4 Å². The summed E-state index contributed by atoms with van der Waals surface area (Å²) in [5, 5.41) is 0.936. The van der Waals surface area contributed by atoms with Crippen LogP contribution < -0.4 is 4.90 Å². The first-order chi connectivity index (χ1) is 13.2. The third-order valence-corrected chi connectivity index (χ3v) is 8.55. The summed E-state index contributed by atoms with van der Waals surface area (Å²) in [7, 11) is -3.02. The second-order valence-electron chi connectivity index (χ2n) is 7.97. The van der Waals surface area contributed by atoms with E-state index in [1.165, 1.54) is 27.8 Å². The highest BCUT2D eigenvalue weighted by Gasteiger charge is 2.47. The number of thioether (sulfide) groups is 1. The number of nitrogens with zero attached hydrogens (tertiary/aromatic N) is 2. The summed E-state index contributed by atoms with van der Waals surface area (Å²) in [6, 6.07) is 12.6. The third-order valence-electron chi connectivity index (χ3n) is 5.82. The minimum absolute atomic E-state index is 0.0886. The van der Waals surface area contributed by atoms with Crippen LogP contribution in [0.1, 0.15) is 27.8 Å². The third kappa shape index (κ3) is 3.72. The lowest BCUT2D eigenvalue weighted by molar-refractivity contribution is 0.601. The molecule has 2 heterocycles. The number of aliphatic imine (C=N–C) groups is 1. The lowest BCUT2D eigenvalue weighted by Gasteiger charge is -2.27. The van der Waals surface area contributed by atoms with Gasteiger partial charge in [-0.15, -0.1) is 0 Å². The molecule has 2 aromatic carbocycles. The van der Waals surface area contributed by atoms with Crippen molar-refractivity contribution in [3.05, 3.63) is 64.2 Å². The van der Waals surface area contributed by atoms with E-state index in [9.17, 15) is 8.42 Å². The van der Waals surface area contributed by atoms with Gasteiger partial charge < -0.3 is 4.90 Å². The summed E-state index contributed by atoms with van der Waals surface area (Å²) in [6.45, 7) is 8.44. The van der Waals surface area contributed by atoms with E-state index in [1.54, 1.807) is 11.8 Å². The number of hydrogen-bond donors (Lipinski definition) is 0. The molecule has 4 nitrogen and oxygen atoms in total. The zero-order valence-electron chi connectivity index (χ0n) is 16.8. The largest absolute Gasteiger partial charge is 0.315 e. The van der Waals surface area contributed by atoms with Gasteiger partial charge in [-0.3, -0.25) is 4.99 Å². The molecule has 2 aliphatic heterocycles. The maximum absolute atomic E-state index is 12.2. The van der Waals surface area contributed by atoms with Crippen LogP contribution in [0.15, 0.2) is 41.4 Å². The summed E-state index contributed by atoms with van der Waals surface area (Å²) in [5.41, 5.74) is 7.34. The van der Waals surface area contributed by atoms with Gasteiger partial charge in [0.2, 0.25) is 0 Å². The minimum Gasteiger partial charge on any atom is -0.315 e. The molecule has 6 heteroatoms. The predicted octanol–water partition coefficient (Wildman–Crippen LogP) is 4.20. The Bertz CT molecular complexity index is 1060. The van der Waals surface area contributed by atoms with Gasteiger partial charge in [-0.05, 0) is 67.6 Å². The fraction of sp³-hybridized carbons (Fsp3) is 0.409. The Morgan fingerprint density at radius 3 is 2.32 bits per heavy atom.